The first-order valence-electron chi connectivity index (χ1n) is 3.59. The fourth-order valence-corrected chi connectivity index (χ4v) is 0.984. The van der Waals surface area contributed by atoms with Crippen molar-refractivity contribution in [2.75, 3.05) is 7.11 Å². The quantitative estimate of drug-likeness (QED) is 0.471. The zero-order chi connectivity index (χ0) is 9.84. The third kappa shape index (κ3) is 2.01. The third-order valence-corrected chi connectivity index (χ3v) is 1.58. The summed E-state index contributed by atoms with van der Waals surface area (Å²) in [6.07, 6.45) is 0. The molecule has 0 amide bonds. The molecule has 1 rings (SSSR count). The molecule has 5 nitrogen and oxygen atoms in total. The summed E-state index contributed by atoms with van der Waals surface area (Å²) >= 11 is 0. The predicted molar refractivity (Wildman–Crippen MR) is 45.3 cm³/mol. The van der Waals surface area contributed by atoms with Crippen molar-refractivity contribution in [3.05, 3.63) is 17.7 Å². The average Bonchev–Trinajstić information content (AvgIpc) is 2.11. The van der Waals surface area contributed by atoms with Crippen molar-refractivity contribution in [1.82, 2.24) is 0 Å². The normalized spacial score (nSPS) is 10.0. The largest absolute Gasteiger partial charge is 0.504 e. The van der Waals surface area contributed by atoms with E-state index in [9.17, 15) is 10.2 Å². The summed E-state index contributed by atoms with van der Waals surface area (Å²) < 4.78 is 4.81. The van der Waals surface area contributed by atoms with Gasteiger partial charge in [-0.05, 0) is 17.7 Å². The van der Waals surface area contributed by atoms with Crippen LogP contribution in [0.15, 0.2) is 12.1 Å². The molecular formula is C8H11NO4. The number of methoxy groups -OCH3 is 1. The molecule has 5 heteroatoms. The van der Waals surface area contributed by atoms with E-state index in [1.54, 1.807) is 0 Å². The summed E-state index contributed by atoms with van der Waals surface area (Å²) in [7, 11) is 1.39. The number of rotatable bonds is 3. The highest BCUT2D eigenvalue weighted by molar-refractivity contribution is 5.51. The van der Waals surface area contributed by atoms with Crippen LogP contribution >= 0.6 is 0 Å². The van der Waals surface area contributed by atoms with E-state index >= 15 is 0 Å². The number of benzene rings is 1. The van der Waals surface area contributed by atoms with Crippen LogP contribution in [0.5, 0.6) is 17.2 Å². The first-order valence-corrected chi connectivity index (χ1v) is 3.59. The molecule has 0 atom stereocenters. The zero-order valence-corrected chi connectivity index (χ0v) is 7.15. The van der Waals surface area contributed by atoms with E-state index in [0.29, 0.717) is 5.56 Å². The van der Waals surface area contributed by atoms with Gasteiger partial charge in [-0.1, -0.05) is 0 Å². The van der Waals surface area contributed by atoms with E-state index in [1.165, 1.54) is 19.2 Å². The molecule has 13 heavy (non-hydrogen) atoms. The first kappa shape index (κ1) is 9.63. The Labute approximate surface area is 75.3 Å². The van der Waals surface area contributed by atoms with Gasteiger partial charge in [-0.15, -0.1) is 0 Å². The second-order valence-electron chi connectivity index (χ2n) is 2.48. The van der Waals surface area contributed by atoms with Gasteiger partial charge < -0.3 is 14.9 Å². The van der Waals surface area contributed by atoms with Gasteiger partial charge in [0, 0.05) is 0 Å². The molecule has 0 radical (unpaired) electrons. The number of ether oxygens (including phenoxy) is 1. The summed E-state index contributed by atoms with van der Waals surface area (Å²) in [5.41, 5.74) is 0.620. The zero-order valence-electron chi connectivity index (χ0n) is 7.15. The van der Waals surface area contributed by atoms with Gasteiger partial charge in [0.1, 0.15) is 0 Å². The number of phenols is 2. The van der Waals surface area contributed by atoms with Crippen LogP contribution in [0.1, 0.15) is 5.56 Å². The highest BCUT2D eigenvalue weighted by atomic mass is 16.6. The molecule has 0 aromatic heterocycles. The standard InChI is InChI=1S/C8H11NO4/c1-12-7-3-5(4-13-9)2-6(10)8(7)11/h2-3,10-11H,4,9H2,1H3. The maximum Gasteiger partial charge on any atom is 0.200 e. The SMILES string of the molecule is COc1cc(CON)cc(O)c1O. The Balaban J connectivity index is 3.06. The second kappa shape index (κ2) is 3.97. The molecule has 72 valence electrons. The lowest BCUT2D eigenvalue weighted by atomic mass is 10.2. The lowest BCUT2D eigenvalue weighted by molar-refractivity contribution is 0.123. The predicted octanol–water partition coefficient (Wildman–Crippen LogP) is 0.497. The minimum atomic E-state index is -0.289. The fourth-order valence-electron chi connectivity index (χ4n) is 0.984. The van der Waals surface area contributed by atoms with Gasteiger partial charge in [-0.25, -0.2) is 5.90 Å². The van der Waals surface area contributed by atoms with Crippen molar-refractivity contribution in [3.8, 4) is 17.2 Å². The summed E-state index contributed by atoms with van der Waals surface area (Å²) in [5.74, 6) is 4.50. The minimum absolute atomic E-state index is 0.143. The topological polar surface area (TPSA) is 84.9 Å². The molecule has 0 fully saturated rings. The van der Waals surface area contributed by atoms with Crippen molar-refractivity contribution in [2.24, 2.45) is 5.90 Å². The molecule has 1 aromatic carbocycles. The molecule has 0 aliphatic rings. The first-order chi connectivity index (χ1) is 6.19. The van der Waals surface area contributed by atoms with Gasteiger partial charge in [-0.3, -0.25) is 4.84 Å². The van der Waals surface area contributed by atoms with E-state index in [0.717, 1.165) is 0 Å². The van der Waals surface area contributed by atoms with Gasteiger partial charge in [0.05, 0.1) is 13.7 Å². The second-order valence-corrected chi connectivity index (χ2v) is 2.48. The van der Waals surface area contributed by atoms with E-state index in [1.807, 2.05) is 0 Å². The van der Waals surface area contributed by atoms with Gasteiger partial charge in [0.15, 0.2) is 11.5 Å². The monoisotopic (exact) mass is 185 g/mol. The Morgan fingerprint density at radius 2 is 2.08 bits per heavy atom. The Morgan fingerprint density at radius 3 is 2.62 bits per heavy atom. The minimum Gasteiger partial charge on any atom is -0.504 e. The maximum atomic E-state index is 9.24. The van der Waals surface area contributed by atoms with Crippen LogP contribution in [0, 0.1) is 0 Å². The van der Waals surface area contributed by atoms with E-state index in [2.05, 4.69) is 4.84 Å². The molecule has 0 aliphatic heterocycles. The lowest BCUT2D eigenvalue weighted by Crippen LogP contribution is -1.99. The van der Waals surface area contributed by atoms with E-state index in [-0.39, 0.29) is 23.9 Å². The maximum absolute atomic E-state index is 9.24. The van der Waals surface area contributed by atoms with Gasteiger partial charge in [0.2, 0.25) is 5.75 Å². The Bertz CT molecular complexity index is 300. The summed E-state index contributed by atoms with van der Waals surface area (Å²) in [5, 5.41) is 18.5. The van der Waals surface area contributed by atoms with Gasteiger partial charge in [-0.2, -0.15) is 0 Å². The number of phenolic OH excluding ortho intramolecular Hbond substituents is 2. The highest BCUT2D eigenvalue weighted by Crippen LogP contribution is 2.36. The molecule has 4 N–H and O–H groups in total. The smallest absolute Gasteiger partial charge is 0.200 e. The van der Waals surface area contributed by atoms with Crippen molar-refractivity contribution in [1.29, 1.82) is 0 Å². The van der Waals surface area contributed by atoms with E-state index < -0.39 is 0 Å². The summed E-state index contributed by atoms with van der Waals surface area (Å²) in [4.78, 5) is 4.37. The lowest BCUT2D eigenvalue weighted by Gasteiger charge is -2.07. The molecule has 0 saturated heterocycles. The Hall–Kier alpha value is -1.46. The molecule has 0 bridgehead atoms. The summed E-state index contributed by atoms with van der Waals surface area (Å²) in [6, 6.07) is 2.88. The van der Waals surface area contributed by atoms with E-state index in [4.69, 9.17) is 10.6 Å². The Kier molecular flexibility index (Phi) is 2.94. The molecule has 0 saturated carbocycles. The average molecular weight is 185 g/mol. The van der Waals surface area contributed by atoms with Crippen LogP contribution in [0.2, 0.25) is 0 Å². The number of aromatic hydroxyl groups is 2. The molecule has 0 unspecified atom stereocenters. The summed E-state index contributed by atoms with van der Waals surface area (Å²) in [6.45, 7) is 0.143. The van der Waals surface area contributed by atoms with Crippen LogP contribution in [-0.2, 0) is 11.4 Å². The van der Waals surface area contributed by atoms with Crippen molar-refractivity contribution < 1.29 is 19.8 Å². The third-order valence-electron chi connectivity index (χ3n) is 1.58. The van der Waals surface area contributed by atoms with Crippen LogP contribution in [-0.4, -0.2) is 17.3 Å². The molecular weight excluding hydrogens is 174 g/mol. The molecule has 0 aliphatic carbocycles. The van der Waals surface area contributed by atoms with Crippen molar-refractivity contribution >= 4 is 0 Å². The van der Waals surface area contributed by atoms with Gasteiger partial charge in [0.25, 0.3) is 0 Å². The van der Waals surface area contributed by atoms with Crippen LogP contribution in [0.3, 0.4) is 0 Å². The van der Waals surface area contributed by atoms with Crippen LogP contribution in [0.25, 0.3) is 0 Å². The van der Waals surface area contributed by atoms with Crippen LogP contribution < -0.4 is 10.6 Å². The van der Waals surface area contributed by atoms with Crippen molar-refractivity contribution in [3.63, 3.8) is 0 Å². The number of hydrogen-bond acceptors (Lipinski definition) is 5. The highest BCUT2D eigenvalue weighted by Gasteiger charge is 2.09. The van der Waals surface area contributed by atoms with Gasteiger partial charge >= 0.3 is 0 Å². The Morgan fingerprint density at radius 1 is 1.38 bits per heavy atom. The molecule has 1 aromatic rings. The fraction of sp³-hybridized carbons (Fsp3) is 0.250. The molecule has 0 heterocycles. The molecule has 0 spiro atoms. The van der Waals surface area contributed by atoms with Crippen molar-refractivity contribution in [2.45, 2.75) is 6.61 Å². The number of hydrogen-bond donors (Lipinski definition) is 3. The number of nitrogens with two attached hydrogens (primary N) is 1. The van der Waals surface area contributed by atoms with Crippen LogP contribution in [0.4, 0.5) is 0 Å².